The Balaban J connectivity index is 2.52. The summed E-state index contributed by atoms with van der Waals surface area (Å²) in [6, 6.07) is 0. The molecule has 17 heavy (non-hydrogen) atoms. The number of hydrogen-bond acceptors (Lipinski definition) is 5. The molecule has 0 spiro atoms. The number of anilines is 2. The first-order valence-electron chi connectivity index (χ1n) is 6.42. The van der Waals surface area contributed by atoms with E-state index in [0.717, 1.165) is 31.7 Å². The van der Waals surface area contributed by atoms with E-state index in [1.54, 1.807) is 6.20 Å². The summed E-state index contributed by atoms with van der Waals surface area (Å²) in [5, 5.41) is 11.3. The first-order valence-corrected chi connectivity index (χ1v) is 6.42. The third-order valence-electron chi connectivity index (χ3n) is 2.57. The van der Waals surface area contributed by atoms with Crippen LogP contribution in [-0.2, 0) is 0 Å². The molecule has 1 heterocycles. The van der Waals surface area contributed by atoms with E-state index in [4.69, 9.17) is 0 Å². The van der Waals surface area contributed by atoms with E-state index in [-0.39, 0.29) is 0 Å². The quantitative estimate of drug-likeness (QED) is 0.703. The molecule has 0 amide bonds. The smallest absolute Gasteiger partial charge is 0.247 e. The lowest BCUT2D eigenvalue weighted by atomic mass is 10.3. The van der Waals surface area contributed by atoms with Gasteiger partial charge in [0, 0.05) is 20.1 Å². The molecule has 0 aromatic carbocycles. The van der Waals surface area contributed by atoms with Crippen LogP contribution in [0.3, 0.4) is 0 Å². The molecule has 0 saturated carbocycles. The van der Waals surface area contributed by atoms with Crippen LogP contribution in [0, 0.1) is 0 Å². The molecule has 0 radical (unpaired) electrons. The van der Waals surface area contributed by atoms with E-state index in [1.165, 1.54) is 12.8 Å². The molecule has 0 atom stereocenters. The second-order valence-electron chi connectivity index (χ2n) is 4.20. The van der Waals surface area contributed by atoms with Gasteiger partial charge in [-0.15, -0.1) is 5.10 Å². The van der Waals surface area contributed by atoms with E-state index < -0.39 is 0 Å². The molecule has 0 bridgehead atoms. The van der Waals surface area contributed by atoms with Gasteiger partial charge >= 0.3 is 0 Å². The van der Waals surface area contributed by atoms with E-state index in [0.29, 0.717) is 5.95 Å². The molecule has 1 N–H and O–H groups in total. The monoisotopic (exact) mass is 237 g/mol. The Morgan fingerprint density at radius 1 is 1.24 bits per heavy atom. The Kier molecular flexibility index (Phi) is 6.29. The van der Waals surface area contributed by atoms with Crippen molar-refractivity contribution in [2.75, 3.05) is 30.4 Å². The highest BCUT2D eigenvalue weighted by molar-refractivity contribution is 5.38. The van der Waals surface area contributed by atoms with Gasteiger partial charge in [0.25, 0.3) is 0 Å². The summed E-state index contributed by atoms with van der Waals surface area (Å²) >= 11 is 0. The number of nitrogens with one attached hydrogen (secondary N) is 1. The molecule has 96 valence electrons. The molecule has 1 aromatic heterocycles. The van der Waals surface area contributed by atoms with Gasteiger partial charge in [0.1, 0.15) is 0 Å². The normalized spacial score (nSPS) is 10.3. The maximum atomic E-state index is 4.44. The van der Waals surface area contributed by atoms with Gasteiger partial charge in [0.15, 0.2) is 5.82 Å². The fraction of sp³-hybridized carbons (Fsp3) is 0.750. The van der Waals surface area contributed by atoms with Crippen molar-refractivity contribution in [2.24, 2.45) is 0 Å². The molecule has 0 aliphatic heterocycles. The van der Waals surface area contributed by atoms with Gasteiger partial charge in [0.05, 0.1) is 6.20 Å². The zero-order valence-electron chi connectivity index (χ0n) is 11.1. The predicted molar refractivity (Wildman–Crippen MR) is 71.4 cm³/mol. The molecular formula is C12H23N5. The van der Waals surface area contributed by atoms with E-state index in [1.807, 2.05) is 11.9 Å². The standard InChI is InChI=1S/C12H23N5/c1-4-6-8-13-11-10-14-16-12(15-11)17(3)9-7-5-2/h10H,4-9H2,1-3H3,(H,13,15,16). The van der Waals surface area contributed by atoms with Crippen LogP contribution in [0.15, 0.2) is 6.20 Å². The fourth-order valence-electron chi connectivity index (χ4n) is 1.43. The molecular weight excluding hydrogens is 214 g/mol. The molecule has 5 heteroatoms. The van der Waals surface area contributed by atoms with Crippen molar-refractivity contribution >= 4 is 11.8 Å². The average Bonchev–Trinajstić information content (AvgIpc) is 2.36. The lowest BCUT2D eigenvalue weighted by molar-refractivity contribution is 0.739. The second-order valence-corrected chi connectivity index (χ2v) is 4.20. The van der Waals surface area contributed by atoms with Crippen LogP contribution in [0.5, 0.6) is 0 Å². The topological polar surface area (TPSA) is 53.9 Å². The largest absolute Gasteiger partial charge is 0.369 e. The van der Waals surface area contributed by atoms with Crippen LogP contribution in [0.2, 0.25) is 0 Å². The van der Waals surface area contributed by atoms with Crippen LogP contribution in [0.25, 0.3) is 0 Å². The summed E-state index contributed by atoms with van der Waals surface area (Å²) in [6.07, 6.45) is 6.31. The molecule has 0 aliphatic rings. The Hall–Kier alpha value is -1.39. The van der Waals surface area contributed by atoms with Crippen molar-refractivity contribution in [3.63, 3.8) is 0 Å². The van der Waals surface area contributed by atoms with Crippen molar-refractivity contribution in [3.8, 4) is 0 Å². The molecule has 0 fully saturated rings. The number of aromatic nitrogens is 3. The zero-order chi connectivity index (χ0) is 12.5. The zero-order valence-corrected chi connectivity index (χ0v) is 11.1. The average molecular weight is 237 g/mol. The van der Waals surface area contributed by atoms with Crippen molar-refractivity contribution in [1.82, 2.24) is 15.2 Å². The lowest BCUT2D eigenvalue weighted by Gasteiger charge is -2.16. The van der Waals surface area contributed by atoms with Gasteiger partial charge in [-0.05, 0) is 12.8 Å². The highest BCUT2D eigenvalue weighted by Crippen LogP contribution is 2.08. The number of hydrogen-bond donors (Lipinski definition) is 1. The van der Waals surface area contributed by atoms with Crippen molar-refractivity contribution in [2.45, 2.75) is 39.5 Å². The van der Waals surface area contributed by atoms with E-state index >= 15 is 0 Å². The minimum atomic E-state index is 0.694. The van der Waals surface area contributed by atoms with Gasteiger partial charge in [0.2, 0.25) is 5.95 Å². The number of unbranched alkanes of at least 4 members (excludes halogenated alkanes) is 2. The molecule has 1 rings (SSSR count). The molecule has 5 nitrogen and oxygen atoms in total. The van der Waals surface area contributed by atoms with Crippen LogP contribution in [0.1, 0.15) is 39.5 Å². The van der Waals surface area contributed by atoms with Gasteiger partial charge < -0.3 is 10.2 Å². The first-order chi connectivity index (χ1) is 8.27. The maximum absolute atomic E-state index is 4.44. The minimum absolute atomic E-state index is 0.694. The summed E-state index contributed by atoms with van der Waals surface area (Å²) in [7, 11) is 2.00. The van der Waals surface area contributed by atoms with E-state index in [9.17, 15) is 0 Å². The van der Waals surface area contributed by atoms with Crippen molar-refractivity contribution in [1.29, 1.82) is 0 Å². The van der Waals surface area contributed by atoms with Crippen LogP contribution in [0.4, 0.5) is 11.8 Å². The van der Waals surface area contributed by atoms with Crippen molar-refractivity contribution in [3.05, 3.63) is 6.20 Å². The van der Waals surface area contributed by atoms with Gasteiger partial charge in [-0.2, -0.15) is 10.1 Å². The summed E-state index contributed by atoms with van der Waals surface area (Å²) < 4.78 is 0. The van der Waals surface area contributed by atoms with Gasteiger partial charge in [-0.25, -0.2) is 0 Å². The Morgan fingerprint density at radius 3 is 2.71 bits per heavy atom. The van der Waals surface area contributed by atoms with Gasteiger partial charge in [-0.1, -0.05) is 26.7 Å². The van der Waals surface area contributed by atoms with Gasteiger partial charge in [-0.3, -0.25) is 0 Å². The summed E-state index contributed by atoms with van der Waals surface area (Å²) in [5.74, 6) is 1.51. The first kappa shape index (κ1) is 13.7. The molecule has 0 saturated heterocycles. The predicted octanol–water partition coefficient (Wildman–Crippen LogP) is 2.32. The Labute approximate surface area is 104 Å². The van der Waals surface area contributed by atoms with Crippen LogP contribution >= 0.6 is 0 Å². The third-order valence-corrected chi connectivity index (χ3v) is 2.57. The Bertz CT molecular complexity index is 316. The number of rotatable bonds is 8. The molecule has 0 unspecified atom stereocenters. The van der Waals surface area contributed by atoms with Crippen LogP contribution in [-0.4, -0.2) is 35.3 Å². The fourth-order valence-corrected chi connectivity index (χ4v) is 1.43. The second kappa shape index (κ2) is 7.81. The summed E-state index contributed by atoms with van der Waals surface area (Å²) in [5.41, 5.74) is 0. The maximum Gasteiger partial charge on any atom is 0.247 e. The Morgan fingerprint density at radius 2 is 2.00 bits per heavy atom. The van der Waals surface area contributed by atoms with E-state index in [2.05, 4.69) is 34.3 Å². The number of nitrogens with zero attached hydrogens (tertiary/aromatic N) is 4. The molecule has 0 aliphatic carbocycles. The summed E-state index contributed by atoms with van der Waals surface area (Å²) in [6.45, 7) is 6.25. The highest BCUT2D eigenvalue weighted by atomic mass is 15.3. The third kappa shape index (κ3) is 4.97. The minimum Gasteiger partial charge on any atom is -0.369 e. The SMILES string of the molecule is CCCCNc1cnnc(N(C)CCCC)n1. The highest BCUT2D eigenvalue weighted by Gasteiger charge is 2.05. The van der Waals surface area contributed by atoms with Crippen molar-refractivity contribution < 1.29 is 0 Å². The molecule has 1 aromatic rings. The summed E-state index contributed by atoms with van der Waals surface area (Å²) in [4.78, 5) is 6.48. The lowest BCUT2D eigenvalue weighted by Crippen LogP contribution is -2.21. The van der Waals surface area contributed by atoms with Crippen LogP contribution < -0.4 is 10.2 Å².